The maximum absolute atomic E-state index is 11.8. The number of rotatable bonds is 4. The molecule has 4 heteroatoms. The van der Waals surface area contributed by atoms with E-state index in [1.54, 1.807) is 11.3 Å². The highest BCUT2D eigenvalue weighted by Crippen LogP contribution is 2.26. The molecule has 2 rings (SSSR count). The first-order valence-corrected chi connectivity index (χ1v) is 7.59. The van der Waals surface area contributed by atoms with Gasteiger partial charge in [0.2, 0.25) is 0 Å². The summed E-state index contributed by atoms with van der Waals surface area (Å²) >= 11 is 1.71. The van der Waals surface area contributed by atoms with Gasteiger partial charge in [-0.2, -0.15) is 0 Å². The van der Waals surface area contributed by atoms with Crippen LogP contribution in [0.5, 0.6) is 0 Å². The largest absolute Gasteiger partial charge is 0.327 e. The Morgan fingerprint density at radius 1 is 1.44 bits per heavy atom. The van der Waals surface area contributed by atoms with Gasteiger partial charge in [-0.15, -0.1) is 11.3 Å². The smallest absolute Gasteiger partial charge is 0.0500 e. The summed E-state index contributed by atoms with van der Waals surface area (Å²) in [5.41, 5.74) is 6.82. The van der Waals surface area contributed by atoms with Crippen LogP contribution in [0.15, 0.2) is 29.6 Å². The van der Waals surface area contributed by atoms with Gasteiger partial charge in [-0.05, 0) is 29.3 Å². The van der Waals surface area contributed by atoms with Crippen LogP contribution in [0.2, 0.25) is 0 Å². The predicted molar refractivity (Wildman–Crippen MR) is 72.2 cm³/mol. The third-order valence-corrected chi connectivity index (χ3v) is 4.87. The lowest BCUT2D eigenvalue weighted by atomic mass is 10.2. The van der Waals surface area contributed by atoms with Crippen LogP contribution in [0.3, 0.4) is 0 Å². The lowest BCUT2D eigenvalue weighted by molar-refractivity contribution is 0.676. The number of benzene rings is 1. The molecule has 2 atom stereocenters. The fourth-order valence-corrected chi connectivity index (χ4v) is 4.03. The molecule has 1 heterocycles. The molecule has 1 aromatic carbocycles. The Morgan fingerprint density at radius 3 is 2.94 bits per heavy atom. The van der Waals surface area contributed by atoms with Crippen LogP contribution in [0, 0.1) is 0 Å². The first-order chi connectivity index (χ1) is 7.66. The van der Waals surface area contributed by atoms with Crippen molar-refractivity contribution >= 4 is 32.2 Å². The topological polar surface area (TPSA) is 43.1 Å². The Bertz CT molecular complexity index is 504. The first kappa shape index (κ1) is 11.8. The van der Waals surface area contributed by atoms with Crippen molar-refractivity contribution in [3.05, 3.63) is 35.2 Å². The van der Waals surface area contributed by atoms with E-state index in [9.17, 15) is 4.21 Å². The molecule has 0 spiro atoms. The summed E-state index contributed by atoms with van der Waals surface area (Å²) in [6.07, 6.45) is 0. The van der Waals surface area contributed by atoms with Crippen molar-refractivity contribution < 1.29 is 4.21 Å². The van der Waals surface area contributed by atoms with Crippen LogP contribution >= 0.6 is 11.3 Å². The Morgan fingerprint density at radius 2 is 2.19 bits per heavy atom. The van der Waals surface area contributed by atoms with Crippen LogP contribution in [0.4, 0.5) is 0 Å². The summed E-state index contributed by atoms with van der Waals surface area (Å²) in [6.45, 7) is 1.89. The third-order valence-electron chi connectivity index (χ3n) is 2.33. The summed E-state index contributed by atoms with van der Waals surface area (Å²) in [5, 5.41) is 3.33. The van der Waals surface area contributed by atoms with Gasteiger partial charge in [-0.1, -0.05) is 18.2 Å². The minimum atomic E-state index is -0.854. The van der Waals surface area contributed by atoms with Crippen LogP contribution in [-0.4, -0.2) is 16.0 Å². The van der Waals surface area contributed by atoms with Gasteiger partial charge in [0.05, 0.1) is 5.75 Å². The van der Waals surface area contributed by atoms with Crippen LogP contribution < -0.4 is 5.73 Å². The van der Waals surface area contributed by atoms with Gasteiger partial charge in [0.1, 0.15) is 0 Å². The molecule has 0 amide bonds. The summed E-state index contributed by atoms with van der Waals surface area (Å²) in [7, 11) is -0.854. The molecule has 2 aromatic rings. The molecule has 86 valence electrons. The van der Waals surface area contributed by atoms with Gasteiger partial charge < -0.3 is 5.73 Å². The molecule has 0 saturated heterocycles. The van der Waals surface area contributed by atoms with Crippen molar-refractivity contribution in [2.24, 2.45) is 5.73 Å². The lowest BCUT2D eigenvalue weighted by Crippen LogP contribution is -2.23. The maximum Gasteiger partial charge on any atom is 0.0500 e. The third kappa shape index (κ3) is 2.70. The Kier molecular flexibility index (Phi) is 3.74. The van der Waals surface area contributed by atoms with E-state index in [0.29, 0.717) is 11.5 Å². The average molecular weight is 253 g/mol. The quantitative estimate of drug-likeness (QED) is 0.909. The molecular formula is C12H15NOS2. The second-order valence-electron chi connectivity index (χ2n) is 3.99. The van der Waals surface area contributed by atoms with Gasteiger partial charge >= 0.3 is 0 Å². The molecule has 0 aliphatic rings. The molecule has 1 aromatic heterocycles. The van der Waals surface area contributed by atoms with Gasteiger partial charge in [0.25, 0.3) is 0 Å². The van der Waals surface area contributed by atoms with E-state index in [0.717, 1.165) is 0 Å². The predicted octanol–water partition coefficient (Wildman–Crippen LogP) is 2.50. The first-order valence-electron chi connectivity index (χ1n) is 5.22. The van der Waals surface area contributed by atoms with Gasteiger partial charge in [0, 0.05) is 27.3 Å². The fourth-order valence-electron chi connectivity index (χ4n) is 1.67. The SMILES string of the molecule is CC(N)CS(=O)Cc1csc2ccccc12. The standard InChI is InChI=1S/C12H15NOS2/c1-9(13)7-16(14)8-10-6-15-12-5-3-2-4-11(10)12/h2-6,9H,7-8,13H2,1H3. The van der Waals surface area contributed by atoms with Crippen LogP contribution in [0.1, 0.15) is 12.5 Å². The van der Waals surface area contributed by atoms with Gasteiger partial charge in [0.15, 0.2) is 0 Å². The molecule has 0 fully saturated rings. The molecular weight excluding hydrogens is 238 g/mol. The van der Waals surface area contributed by atoms with Crippen molar-refractivity contribution in [3.8, 4) is 0 Å². The van der Waals surface area contributed by atoms with E-state index < -0.39 is 10.8 Å². The minimum Gasteiger partial charge on any atom is -0.327 e. The second kappa shape index (κ2) is 5.08. The zero-order valence-corrected chi connectivity index (χ0v) is 10.8. The molecule has 16 heavy (non-hydrogen) atoms. The van der Waals surface area contributed by atoms with E-state index in [1.165, 1.54) is 15.6 Å². The number of thiophene rings is 1. The molecule has 0 radical (unpaired) electrons. The summed E-state index contributed by atoms with van der Waals surface area (Å²) < 4.78 is 13.1. The summed E-state index contributed by atoms with van der Waals surface area (Å²) in [4.78, 5) is 0. The summed E-state index contributed by atoms with van der Waals surface area (Å²) in [5.74, 6) is 1.19. The van der Waals surface area contributed by atoms with Crippen molar-refractivity contribution in [1.29, 1.82) is 0 Å². The minimum absolute atomic E-state index is 0.00531. The summed E-state index contributed by atoms with van der Waals surface area (Å²) in [6, 6.07) is 8.24. The molecule has 2 N–H and O–H groups in total. The van der Waals surface area contributed by atoms with Crippen molar-refractivity contribution in [1.82, 2.24) is 0 Å². The maximum atomic E-state index is 11.8. The molecule has 0 saturated carbocycles. The lowest BCUT2D eigenvalue weighted by Gasteiger charge is -2.04. The Labute approximate surface area is 102 Å². The Balaban J connectivity index is 2.18. The van der Waals surface area contributed by atoms with Crippen molar-refractivity contribution in [2.75, 3.05) is 5.75 Å². The molecule has 0 aliphatic heterocycles. The van der Waals surface area contributed by atoms with Gasteiger partial charge in [-0.25, -0.2) is 0 Å². The highest BCUT2D eigenvalue weighted by Gasteiger charge is 2.08. The van der Waals surface area contributed by atoms with E-state index >= 15 is 0 Å². The number of hydrogen-bond donors (Lipinski definition) is 1. The zero-order valence-electron chi connectivity index (χ0n) is 9.18. The molecule has 2 nitrogen and oxygen atoms in total. The number of nitrogens with two attached hydrogens (primary N) is 1. The fraction of sp³-hybridized carbons (Fsp3) is 0.333. The monoisotopic (exact) mass is 253 g/mol. The van der Waals surface area contributed by atoms with E-state index in [4.69, 9.17) is 5.73 Å². The highest BCUT2D eigenvalue weighted by atomic mass is 32.2. The zero-order chi connectivity index (χ0) is 11.5. The van der Waals surface area contributed by atoms with Crippen LogP contribution in [-0.2, 0) is 16.6 Å². The molecule has 2 unspecified atom stereocenters. The average Bonchev–Trinajstić information content (AvgIpc) is 2.61. The number of hydrogen-bond acceptors (Lipinski definition) is 3. The van der Waals surface area contributed by atoms with Crippen molar-refractivity contribution in [3.63, 3.8) is 0 Å². The van der Waals surface area contributed by atoms with E-state index in [1.807, 2.05) is 19.1 Å². The van der Waals surface area contributed by atoms with Gasteiger partial charge in [-0.3, -0.25) is 4.21 Å². The molecule has 0 aliphatic carbocycles. The van der Waals surface area contributed by atoms with E-state index in [-0.39, 0.29) is 6.04 Å². The Hall–Kier alpha value is -0.710. The normalized spacial score (nSPS) is 15.1. The molecule has 0 bridgehead atoms. The number of fused-ring (bicyclic) bond motifs is 1. The second-order valence-corrected chi connectivity index (χ2v) is 6.40. The highest BCUT2D eigenvalue weighted by molar-refractivity contribution is 7.84. The van der Waals surface area contributed by atoms with Crippen molar-refractivity contribution in [2.45, 2.75) is 18.7 Å². The van der Waals surface area contributed by atoms with E-state index in [2.05, 4.69) is 17.5 Å². The van der Waals surface area contributed by atoms with Crippen LogP contribution in [0.25, 0.3) is 10.1 Å².